The largest absolute Gasteiger partial charge is 0.486 e. The quantitative estimate of drug-likeness (QED) is 0.327. The van der Waals surface area contributed by atoms with E-state index in [4.69, 9.17) is 16.3 Å². The molecule has 3 rings (SSSR count). The molecule has 2 amide bonds. The van der Waals surface area contributed by atoms with Gasteiger partial charge in [0, 0.05) is 19.2 Å². The minimum absolute atomic E-state index is 0.00353. The Labute approximate surface area is 177 Å². The molecule has 0 aliphatic carbocycles. The number of amides is 2. The van der Waals surface area contributed by atoms with E-state index < -0.39 is 4.92 Å². The summed E-state index contributed by atoms with van der Waals surface area (Å²) in [5.41, 5.74) is 1.39. The normalized spacial score (nSPS) is 15.4. The first kappa shape index (κ1) is 20.4. The van der Waals surface area contributed by atoms with E-state index in [2.05, 4.69) is 15.9 Å². The Hall–Kier alpha value is -2.36. The Bertz CT molecular complexity index is 987. The Morgan fingerprint density at radius 3 is 2.50 bits per heavy atom. The van der Waals surface area contributed by atoms with Gasteiger partial charge in [-0.1, -0.05) is 11.6 Å². The molecule has 7 nitrogen and oxygen atoms in total. The van der Waals surface area contributed by atoms with Crippen LogP contribution in [0.3, 0.4) is 0 Å². The molecule has 1 aliphatic heterocycles. The lowest BCUT2D eigenvalue weighted by molar-refractivity contribution is -0.384. The summed E-state index contributed by atoms with van der Waals surface area (Å²) in [6.07, 6.45) is 1.59. The van der Waals surface area contributed by atoms with Crippen LogP contribution in [0.4, 0.5) is 10.5 Å². The molecular formula is C18H12BrClN2O5S. The molecule has 10 heteroatoms. The third-order valence-corrected chi connectivity index (χ3v) is 5.67. The van der Waals surface area contributed by atoms with Crippen LogP contribution in [-0.2, 0) is 11.4 Å². The molecule has 0 atom stereocenters. The Morgan fingerprint density at radius 1 is 1.29 bits per heavy atom. The zero-order chi connectivity index (χ0) is 20.4. The summed E-state index contributed by atoms with van der Waals surface area (Å²) >= 11 is 10.6. The second-order valence-corrected chi connectivity index (χ2v) is 8.02. The number of halogens is 2. The Kier molecular flexibility index (Phi) is 6.07. The molecule has 2 aromatic carbocycles. The number of benzene rings is 2. The van der Waals surface area contributed by atoms with Crippen LogP contribution in [0.2, 0.25) is 5.02 Å². The number of carbonyl (C=O) groups is 2. The van der Waals surface area contributed by atoms with Crippen molar-refractivity contribution in [2.45, 2.75) is 6.61 Å². The lowest BCUT2D eigenvalue weighted by Crippen LogP contribution is -2.22. The molecule has 144 valence electrons. The van der Waals surface area contributed by atoms with Gasteiger partial charge >= 0.3 is 0 Å². The Morgan fingerprint density at radius 2 is 1.96 bits per heavy atom. The summed E-state index contributed by atoms with van der Waals surface area (Å²) < 4.78 is 6.30. The van der Waals surface area contributed by atoms with Gasteiger partial charge in [-0.2, -0.15) is 0 Å². The van der Waals surface area contributed by atoms with Gasteiger partial charge in [-0.15, -0.1) is 0 Å². The van der Waals surface area contributed by atoms with E-state index in [1.165, 1.54) is 19.2 Å². The van der Waals surface area contributed by atoms with Crippen LogP contribution in [0.25, 0.3) is 6.08 Å². The smallest absolute Gasteiger partial charge is 0.293 e. The van der Waals surface area contributed by atoms with Crippen molar-refractivity contribution >= 4 is 62.2 Å². The molecule has 2 aromatic rings. The van der Waals surface area contributed by atoms with Crippen LogP contribution >= 0.6 is 39.3 Å². The third-order valence-electron chi connectivity index (χ3n) is 3.84. The summed E-state index contributed by atoms with van der Waals surface area (Å²) in [5.74, 6) is 0.0431. The first-order valence-electron chi connectivity index (χ1n) is 7.83. The minimum Gasteiger partial charge on any atom is -0.486 e. The standard InChI is InChI=1S/C18H12BrClN2O5S/c1-21-17(23)15(28-18(21)24)8-11-6-13(19)16(14(20)7-11)27-9-10-2-4-12(5-3-10)22(25)26/h2-8H,9H2,1H3/b15-8-. The van der Waals surface area contributed by atoms with E-state index >= 15 is 0 Å². The van der Waals surface area contributed by atoms with Crippen molar-refractivity contribution in [2.75, 3.05) is 7.05 Å². The molecule has 1 heterocycles. The number of rotatable bonds is 5. The second-order valence-electron chi connectivity index (χ2n) is 5.77. The van der Waals surface area contributed by atoms with Crippen molar-refractivity contribution < 1.29 is 19.2 Å². The highest BCUT2D eigenvalue weighted by Gasteiger charge is 2.31. The van der Waals surface area contributed by atoms with Gasteiger partial charge in [0.2, 0.25) is 0 Å². The van der Waals surface area contributed by atoms with Crippen LogP contribution in [0.15, 0.2) is 45.8 Å². The average Bonchev–Trinajstić information content (AvgIpc) is 2.88. The number of nitrogens with zero attached hydrogens (tertiary/aromatic N) is 2. The molecule has 1 saturated heterocycles. The number of thioether (sulfide) groups is 1. The fourth-order valence-corrected chi connectivity index (χ4v) is 4.18. The van der Waals surface area contributed by atoms with Crippen molar-refractivity contribution in [1.29, 1.82) is 0 Å². The first-order valence-corrected chi connectivity index (χ1v) is 9.81. The van der Waals surface area contributed by atoms with Crippen LogP contribution in [0.1, 0.15) is 11.1 Å². The molecule has 0 saturated carbocycles. The predicted molar refractivity (Wildman–Crippen MR) is 110 cm³/mol. The second kappa shape index (κ2) is 8.34. The molecule has 28 heavy (non-hydrogen) atoms. The first-order chi connectivity index (χ1) is 13.3. The zero-order valence-corrected chi connectivity index (χ0v) is 17.5. The number of nitro benzene ring substituents is 1. The van der Waals surface area contributed by atoms with Crippen LogP contribution in [0.5, 0.6) is 5.75 Å². The van der Waals surface area contributed by atoms with Crippen molar-refractivity contribution in [1.82, 2.24) is 4.90 Å². The van der Waals surface area contributed by atoms with E-state index in [-0.39, 0.29) is 23.4 Å². The fraction of sp³-hybridized carbons (Fsp3) is 0.111. The molecule has 0 aromatic heterocycles. The maximum Gasteiger partial charge on any atom is 0.293 e. The summed E-state index contributed by atoms with van der Waals surface area (Å²) in [6.45, 7) is 0.171. The van der Waals surface area contributed by atoms with Gasteiger partial charge in [0.1, 0.15) is 6.61 Å². The van der Waals surface area contributed by atoms with E-state index in [1.807, 2.05) is 0 Å². The third kappa shape index (κ3) is 4.37. The predicted octanol–water partition coefficient (Wildman–Crippen LogP) is 5.26. The van der Waals surface area contributed by atoms with Gasteiger partial charge in [0.25, 0.3) is 16.8 Å². The van der Waals surface area contributed by atoms with Gasteiger partial charge in [-0.3, -0.25) is 24.6 Å². The summed E-state index contributed by atoms with van der Waals surface area (Å²) in [4.78, 5) is 35.2. The topological polar surface area (TPSA) is 89.8 Å². The number of likely N-dealkylation sites (N-methyl/N-ethyl adjacent to an activating group) is 1. The number of hydrogen-bond acceptors (Lipinski definition) is 6. The van der Waals surface area contributed by atoms with E-state index in [9.17, 15) is 19.7 Å². The van der Waals surface area contributed by atoms with Gasteiger partial charge in [0.05, 0.1) is 19.3 Å². The van der Waals surface area contributed by atoms with E-state index in [0.29, 0.717) is 25.7 Å². The highest BCUT2D eigenvalue weighted by molar-refractivity contribution is 9.10. The average molecular weight is 484 g/mol. The van der Waals surface area contributed by atoms with Crippen LogP contribution in [0, 0.1) is 10.1 Å². The maximum atomic E-state index is 12.0. The molecule has 1 aliphatic rings. The highest BCUT2D eigenvalue weighted by atomic mass is 79.9. The SMILES string of the molecule is CN1C(=O)S/C(=C\c2cc(Cl)c(OCc3ccc([N+](=O)[O-])cc3)c(Br)c2)C1=O. The summed E-state index contributed by atoms with van der Waals surface area (Å²) in [7, 11) is 1.43. The maximum absolute atomic E-state index is 12.0. The Balaban J connectivity index is 1.76. The minimum atomic E-state index is -0.468. The van der Waals surface area contributed by atoms with Crippen molar-refractivity contribution in [3.8, 4) is 5.75 Å². The van der Waals surface area contributed by atoms with Gasteiger partial charge in [0.15, 0.2) is 5.75 Å². The monoisotopic (exact) mass is 482 g/mol. The zero-order valence-electron chi connectivity index (χ0n) is 14.3. The number of hydrogen-bond donors (Lipinski definition) is 0. The van der Waals surface area contributed by atoms with Crippen molar-refractivity contribution in [2.24, 2.45) is 0 Å². The molecular weight excluding hydrogens is 472 g/mol. The molecule has 0 unspecified atom stereocenters. The van der Waals surface area contributed by atoms with Crippen molar-refractivity contribution in [3.05, 3.63) is 72.0 Å². The number of carbonyl (C=O) groups excluding carboxylic acids is 2. The van der Waals surface area contributed by atoms with Gasteiger partial charge < -0.3 is 4.74 Å². The number of non-ortho nitro benzene ring substituents is 1. The van der Waals surface area contributed by atoms with Crippen LogP contribution < -0.4 is 4.74 Å². The molecule has 0 radical (unpaired) electrons. The molecule has 1 fully saturated rings. The van der Waals surface area contributed by atoms with Gasteiger partial charge in [-0.05, 0) is 69.2 Å². The summed E-state index contributed by atoms with van der Waals surface area (Å²) in [5, 5.41) is 10.7. The summed E-state index contributed by atoms with van der Waals surface area (Å²) in [6, 6.07) is 9.37. The lowest BCUT2D eigenvalue weighted by atomic mass is 10.2. The number of ether oxygens (including phenoxy) is 1. The number of imide groups is 1. The molecule has 0 spiro atoms. The molecule has 0 N–H and O–H groups in total. The molecule has 0 bridgehead atoms. The van der Waals surface area contributed by atoms with Crippen LogP contribution in [-0.4, -0.2) is 28.0 Å². The van der Waals surface area contributed by atoms with Gasteiger partial charge in [-0.25, -0.2) is 0 Å². The highest BCUT2D eigenvalue weighted by Crippen LogP contribution is 2.37. The van der Waals surface area contributed by atoms with E-state index in [0.717, 1.165) is 22.2 Å². The fourth-order valence-electron chi connectivity index (χ4n) is 2.37. The van der Waals surface area contributed by atoms with Crippen molar-refractivity contribution in [3.63, 3.8) is 0 Å². The lowest BCUT2D eigenvalue weighted by Gasteiger charge is -2.11. The number of nitro groups is 1. The van der Waals surface area contributed by atoms with E-state index in [1.54, 1.807) is 30.3 Å².